The summed E-state index contributed by atoms with van der Waals surface area (Å²) in [5.74, 6) is 0. The van der Waals surface area contributed by atoms with Crippen LogP contribution in [-0.4, -0.2) is 38.0 Å². The van der Waals surface area contributed by atoms with Gasteiger partial charge in [-0.05, 0) is 32.1 Å². The molecule has 0 bridgehead atoms. The molecule has 1 saturated heterocycles. The quantitative estimate of drug-likeness (QED) is 0.644. The van der Waals surface area contributed by atoms with Crippen molar-refractivity contribution < 1.29 is 9.47 Å². The lowest BCUT2D eigenvalue weighted by Crippen LogP contribution is -2.47. The highest BCUT2D eigenvalue weighted by Crippen LogP contribution is 2.31. The van der Waals surface area contributed by atoms with E-state index in [4.69, 9.17) is 9.47 Å². The molecule has 1 N–H and O–H groups in total. The molecular formula is C15H31NO2. The lowest BCUT2D eigenvalue weighted by atomic mass is 9.86. The Balaban J connectivity index is 2.14. The van der Waals surface area contributed by atoms with Crippen LogP contribution in [0.1, 0.15) is 59.3 Å². The van der Waals surface area contributed by atoms with Crippen molar-refractivity contribution in [1.29, 1.82) is 0 Å². The molecule has 1 aliphatic heterocycles. The molecule has 0 aromatic rings. The van der Waals surface area contributed by atoms with E-state index in [-0.39, 0.29) is 5.60 Å². The maximum atomic E-state index is 5.98. The zero-order valence-electron chi connectivity index (χ0n) is 12.5. The highest BCUT2D eigenvalue weighted by Gasteiger charge is 2.33. The number of hydrogen-bond donors (Lipinski definition) is 1. The topological polar surface area (TPSA) is 30.5 Å². The SMILES string of the molecule is CCCCOCCNC1CCOC(CC)(CC)C1. The second-order valence-electron chi connectivity index (χ2n) is 5.35. The smallest absolute Gasteiger partial charge is 0.0692 e. The Bertz CT molecular complexity index is 205. The summed E-state index contributed by atoms with van der Waals surface area (Å²) >= 11 is 0. The first-order valence-corrected chi connectivity index (χ1v) is 7.71. The van der Waals surface area contributed by atoms with Gasteiger partial charge in [-0.15, -0.1) is 0 Å². The fourth-order valence-corrected chi connectivity index (χ4v) is 2.63. The van der Waals surface area contributed by atoms with Crippen LogP contribution in [0, 0.1) is 0 Å². The van der Waals surface area contributed by atoms with Crippen LogP contribution in [0.2, 0.25) is 0 Å². The molecule has 1 fully saturated rings. The predicted octanol–water partition coefficient (Wildman–Crippen LogP) is 3.13. The van der Waals surface area contributed by atoms with E-state index in [2.05, 4.69) is 26.1 Å². The number of ether oxygens (including phenoxy) is 2. The van der Waals surface area contributed by atoms with E-state index in [9.17, 15) is 0 Å². The summed E-state index contributed by atoms with van der Waals surface area (Å²) in [5.41, 5.74) is 0.124. The van der Waals surface area contributed by atoms with Crippen molar-refractivity contribution in [2.24, 2.45) is 0 Å². The molecule has 3 heteroatoms. The summed E-state index contributed by atoms with van der Waals surface area (Å²) in [7, 11) is 0. The molecule has 3 nitrogen and oxygen atoms in total. The molecule has 0 radical (unpaired) electrons. The largest absolute Gasteiger partial charge is 0.380 e. The van der Waals surface area contributed by atoms with Gasteiger partial charge in [-0.1, -0.05) is 27.2 Å². The lowest BCUT2D eigenvalue weighted by molar-refractivity contribution is -0.0933. The van der Waals surface area contributed by atoms with Crippen molar-refractivity contribution in [1.82, 2.24) is 5.32 Å². The molecular weight excluding hydrogens is 226 g/mol. The van der Waals surface area contributed by atoms with Crippen molar-refractivity contribution in [3.05, 3.63) is 0 Å². The Kier molecular flexibility index (Phi) is 7.87. The van der Waals surface area contributed by atoms with Gasteiger partial charge < -0.3 is 14.8 Å². The van der Waals surface area contributed by atoms with E-state index in [0.717, 1.165) is 52.0 Å². The van der Waals surface area contributed by atoms with E-state index in [1.165, 1.54) is 12.8 Å². The van der Waals surface area contributed by atoms with Crippen LogP contribution >= 0.6 is 0 Å². The molecule has 0 spiro atoms. The molecule has 0 aliphatic carbocycles. The highest BCUT2D eigenvalue weighted by atomic mass is 16.5. The van der Waals surface area contributed by atoms with Crippen LogP contribution in [0.3, 0.4) is 0 Å². The molecule has 0 aromatic carbocycles. The van der Waals surface area contributed by atoms with E-state index in [1.54, 1.807) is 0 Å². The summed E-state index contributed by atoms with van der Waals surface area (Å²) in [6.07, 6.45) is 6.91. The van der Waals surface area contributed by atoms with Crippen molar-refractivity contribution in [3.8, 4) is 0 Å². The third-order valence-corrected chi connectivity index (χ3v) is 4.10. The van der Waals surface area contributed by atoms with Crippen molar-refractivity contribution in [3.63, 3.8) is 0 Å². The zero-order chi connectivity index (χ0) is 13.3. The first-order valence-electron chi connectivity index (χ1n) is 7.71. The molecule has 1 aliphatic rings. The van der Waals surface area contributed by atoms with E-state index in [0.29, 0.717) is 6.04 Å². The third-order valence-electron chi connectivity index (χ3n) is 4.10. The van der Waals surface area contributed by atoms with Crippen LogP contribution in [0.4, 0.5) is 0 Å². The fourth-order valence-electron chi connectivity index (χ4n) is 2.63. The van der Waals surface area contributed by atoms with Gasteiger partial charge in [-0.3, -0.25) is 0 Å². The number of unbranched alkanes of at least 4 members (excludes halogenated alkanes) is 1. The summed E-state index contributed by atoms with van der Waals surface area (Å²) in [5, 5.41) is 3.62. The van der Waals surface area contributed by atoms with Gasteiger partial charge in [-0.2, -0.15) is 0 Å². The van der Waals surface area contributed by atoms with Gasteiger partial charge in [0, 0.05) is 25.8 Å². The Labute approximate surface area is 113 Å². The molecule has 1 atom stereocenters. The minimum atomic E-state index is 0.124. The van der Waals surface area contributed by atoms with Crippen LogP contribution in [0.5, 0.6) is 0 Å². The minimum Gasteiger partial charge on any atom is -0.380 e. The summed E-state index contributed by atoms with van der Waals surface area (Å²) in [4.78, 5) is 0. The average molecular weight is 257 g/mol. The van der Waals surface area contributed by atoms with Gasteiger partial charge in [0.25, 0.3) is 0 Å². The molecule has 18 heavy (non-hydrogen) atoms. The molecule has 0 aromatic heterocycles. The van der Waals surface area contributed by atoms with E-state index < -0.39 is 0 Å². The van der Waals surface area contributed by atoms with Gasteiger partial charge in [0.05, 0.1) is 12.2 Å². The van der Waals surface area contributed by atoms with Crippen LogP contribution < -0.4 is 5.32 Å². The second kappa shape index (κ2) is 8.89. The van der Waals surface area contributed by atoms with Crippen LogP contribution in [0.15, 0.2) is 0 Å². The van der Waals surface area contributed by atoms with Gasteiger partial charge in [-0.25, -0.2) is 0 Å². The van der Waals surface area contributed by atoms with Crippen LogP contribution in [-0.2, 0) is 9.47 Å². The predicted molar refractivity (Wildman–Crippen MR) is 76.0 cm³/mol. The Hall–Kier alpha value is -0.120. The van der Waals surface area contributed by atoms with E-state index in [1.807, 2.05) is 0 Å². The Morgan fingerprint density at radius 2 is 2.00 bits per heavy atom. The molecule has 1 heterocycles. The van der Waals surface area contributed by atoms with Gasteiger partial charge in [0.1, 0.15) is 0 Å². The number of nitrogens with one attached hydrogen (secondary N) is 1. The molecule has 0 saturated carbocycles. The maximum absolute atomic E-state index is 5.98. The van der Waals surface area contributed by atoms with Crippen molar-refractivity contribution >= 4 is 0 Å². The van der Waals surface area contributed by atoms with Crippen molar-refractivity contribution in [2.75, 3.05) is 26.4 Å². The van der Waals surface area contributed by atoms with Gasteiger partial charge >= 0.3 is 0 Å². The number of hydrogen-bond acceptors (Lipinski definition) is 3. The summed E-state index contributed by atoms with van der Waals surface area (Å²) < 4.78 is 11.6. The minimum absolute atomic E-state index is 0.124. The highest BCUT2D eigenvalue weighted by molar-refractivity contribution is 4.87. The molecule has 1 unspecified atom stereocenters. The number of rotatable bonds is 9. The maximum Gasteiger partial charge on any atom is 0.0692 e. The summed E-state index contributed by atoms with van der Waals surface area (Å²) in [6, 6.07) is 0.605. The average Bonchev–Trinajstić information content (AvgIpc) is 2.43. The van der Waals surface area contributed by atoms with Gasteiger partial charge in [0.15, 0.2) is 0 Å². The normalized spacial score (nSPS) is 23.2. The summed E-state index contributed by atoms with van der Waals surface area (Å²) in [6.45, 7) is 10.3. The van der Waals surface area contributed by atoms with E-state index >= 15 is 0 Å². The molecule has 0 amide bonds. The first-order chi connectivity index (χ1) is 8.76. The molecule has 1 rings (SSSR count). The van der Waals surface area contributed by atoms with Crippen molar-refractivity contribution in [2.45, 2.75) is 70.9 Å². The second-order valence-corrected chi connectivity index (χ2v) is 5.35. The Morgan fingerprint density at radius 3 is 2.67 bits per heavy atom. The third kappa shape index (κ3) is 5.25. The molecule has 108 valence electrons. The standard InChI is InChI=1S/C15H31NO2/c1-4-7-10-17-12-9-16-14-8-11-18-15(5-2,6-3)13-14/h14,16H,4-13H2,1-3H3. The fraction of sp³-hybridized carbons (Fsp3) is 1.00. The Morgan fingerprint density at radius 1 is 1.22 bits per heavy atom. The van der Waals surface area contributed by atoms with Gasteiger partial charge in [0.2, 0.25) is 0 Å². The first kappa shape index (κ1) is 15.9. The zero-order valence-corrected chi connectivity index (χ0v) is 12.5. The van der Waals surface area contributed by atoms with Crippen LogP contribution in [0.25, 0.3) is 0 Å². The lowest BCUT2D eigenvalue weighted by Gasteiger charge is -2.40. The monoisotopic (exact) mass is 257 g/mol.